The van der Waals surface area contributed by atoms with Crippen molar-refractivity contribution in [3.8, 4) is 17.2 Å². The van der Waals surface area contributed by atoms with E-state index in [4.69, 9.17) is 14.2 Å². The lowest BCUT2D eigenvalue weighted by molar-refractivity contribution is 0.101. The fraction of sp³-hybridized carbons (Fsp3) is 0.174. The number of methoxy groups -OCH3 is 1. The molecule has 138 valence electrons. The van der Waals surface area contributed by atoms with Gasteiger partial charge in [0.1, 0.15) is 19.0 Å². The van der Waals surface area contributed by atoms with Crippen LogP contribution in [0.25, 0.3) is 0 Å². The molecule has 0 saturated heterocycles. The highest BCUT2D eigenvalue weighted by Crippen LogP contribution is 2.29. The number of carbonyl (C=O) groups is 1. The molecular weight excluding hydrogens is 340 g/mol. The molecule has 0 spiro atoms. The van der Waals surface area contributed by atoms with E-state index >= 15 is 0 Å². The minimum absolute atomic E-state index is 0.0153. The van der Waals surface area contributed by atoms with E-state index in [1.165, 1.54) is 0 Å². The summed E-state index contributed by atoms with van der Waals surface area (Å²) in [6.07, 6.45) is 0. The van der Waals surface area contributed by atoms with E-state index in [1.54, 1.807) is 26.2 Å². The summed E-state index contributed by atoms with van der Waals surface area (Å²) < 4.78 is 17.1. The molecule has 0 N–H and O–H groups in total. The molecule has 0 aliphatic carbocycles. The van der Waals surface area contributed by atoms with Crippen LogP contribution in [0.15, 0.2) is 72.8 Å². The molecule has 0 bridgehead atoms. The molecule has 0 radical (unpaired) electrons. The first-order valence-electron chi connectivity index (χ1n) is 8.73. The van der Waals surface area contributed by atoms with Gasteiger partial charge in [0.2, 0.25) is 0 Å². The Labute approximate surface area is 159 Å². The van der Waals surface area contributed by atoms with Gasteiger partial charge in [0.15, 0.2) is 17.3 Å². The largest absolute Gasteiger partial charge is 0.493 e. The summed E-state index contributed by atoms with van der Waals surface area (Å²) >= 11 is 0. The molecule has 0 fully saturated rings. The maximum atomic E-state index is 11.5. The molecule has 3 rings (SSSR count). The van der Waals surface area contributed by atoms with Crippen molar-refractivity contribution >= 4 is 5.78 Å². The fourth-order valence-corrected chi connectivity index (χ4v) is 2.63. The normalized spacial score (nSPS) is 10.3. The molecule has 27 heavy (non-hydrogen) atoms. The van der Waals surface area contributed by atoms with Crippen LogP contribution in [-0.4, -0.2) is 12.9 Å². The molecule has 3 aromatic carbocycles. The highest BCUT2D eigenvalue weighted by Gasteiger charge is 2.08. The van der Waals surface area contributed by atoms with Gasteiger partial charge >= 0.3 is 0 Å². The smallest absolute Gasteiger partial charge is 0.162 e. The lowest BCUT2D eigenvalue weighted by atomic mass is 10.1. The van der Waals surface area contributed by atoms with Gasteiger partial charge < -0.3 is 14.2 Å². The standard InChI is InChI=1S/C23H22O4/c1-17(24)20-9-6-10-21(14-20)26-16-19-11-12-22(25-2)23(13-19)27-15-18-7-4-3-5-8-18/h3-14H,15-16H2,1-2H3. The topological polar surface area (TPSA) is 44.8 Å². The maximum Gasteiger partial charge on any atom is 0.162 e. The first-order valence-corrected chi connectivity index (χ1v) is 8.73. The van der Waals surface area contributed by atoms with Crippen molar-refractivity contribution in [2.45, 2.75) is 20.1 Å². The number of ketones is 1. The van der Waals surface area contributed by atoms with Crippen LogP contribution in [0.5, 0.6) is 17.2 Å². The number of benzene rings is 3. The minimum atomic E-state index is 0.0153. The van der Waals surface area contributed by atoms with E-state index < -0.39 is 0 Å². The van der Waals surface area contributed by atoms with Gasteiger partial charge in [-0.15, -0.1) is 0 Å². The molecule has 4 nitrogen and oxygen atoms in total. The average Bonchev–Trinajstić information content (AvgIpc) is 2.71. The Morgan fingerprint density at radius 1 is 0.778 bits per heavy atom. The summed E-state index contributed by atoms with van der Waals surface area (Å²) in [5.74, 6) is 2.01. The van der Waals surface area contributed by atoms with E-state index in [0.29, 0.717) is 36.0 Å². The van der Waals surface area contributed by atoms with Gasteiger partial charge in [-0.3, -0.25) is 4.79 Å². The predicted molar refractivity (Wildman–Crippen MR) is 105 cm³/mol. The molecule has 0 unspecified atom stereocenters. The first-order chi connectivity index (χ1) is 13.2. The fourth-order valence-electron chi connectivity index (χ4n) is 2.63. The van der Waals surface area contributed by atoms with Gasteiger partial charge in [-0.1, -0.05) is 48.5 Å². The lowest BCUT2D eigenvalue weighted by Gasteiger charge is -2.13. The Hall–Kier alpha value is -3.27. The van der Waals surface area contributed by atoms with Crippen LogP contribution in [-0.2, 0) is 13.2 Å². The summed E-state index contributed by atoms with van der Waals surface area (Å²) in [5.41, 5.74) is 2.67. The van der Waals surface area contributed by atoms with Crippen LogP contribution in [0.4, 0.5) is 0 Å². The second-order valence-corrected chi connectivity index (χ2v) is 6.13. The molecular formula is C23H22O4. The highest BCUT2D eigenvalue weighted by atomic mass is 16.5. The number of Topliss-reactive ketones (excluding diaryl/α,β-unsaturated/α-hetero) is 1. The zero-order valence-electron chi connectivity index (χ0n) is 15.5. The molecule has 3 aromatic rings. The Morgan fingerprint density at radius 3 is 2.30 bits per heavy atom. The van der Waals surface area contributed by atoms with Crippen LogP contribution in [0.3, 0.4) is 0 Å². The van der Waals surface area contributed by atoms with Crippen molar-refractivity contribution in [2.75, 3.05) is 7.11 Å². The van der Waals surface area contributed by atoms with E-state index in [-0.39, 0.29) is 5.78 Å². The third kappa shape index (κ3) is 5.11. The summed E-state index contributed by atoms with van der Waals surface area (Å²) in [7, 11) is 1.62. The van der Waals surface area contributed by atoms with Gasteiger partial charge in [0, 0.05) is 5.56 Å². The second-order valence-electron chi connectivity index (χ2n) is 6.13. The SMILES string of the molecule is COc1ccc(COc2cccc(C(C)=O)c2)cc1OCc1ccccc1. The van der Waals surface area contributed by atoms with Crippen molar-refractivity contribution in [1.82, 2.24) is 0 Å². The molecule has 0 saturated carbocycles. The molecule has 0 amide bonds. The van der Waals surface area contributed by atoms with E-state index in [2.05, 4.69) is 0 Å². The van der Waals surface area contributed by atoms with Crippen LogP contribution in [0.1, 0.15) is 28.4 Å². The van der Waals surface area contributed by atoms with E-state index in [0.717, 1.165) is 11.1 Å². The Kier molecular flexibility index (Phi) is 6.10. The Bertz CT molecular complexity index is 903. The van der Waals surface area contributed by atoms with Gasteiger partial charge in [0.25, 0.3) is 0 Å². The van der Waals surface area contributed by atoms with Gasteiger partial charge in [-0.25, -0.2) is 0 Å². The molecule has 0 heterocycles. The first kappa shape index (κ1) is 18.5. The molecule has 0 atom stereocenters. The van der Waals surface area contributed by atoms with Crippen LogP contribution in [0.2, 0.25) is 0 Å². The van der Waals surface area contributed by atoms with Crippen molar-refractivity contribution in [3.63, 3.8) is 0 Å². The monoisotopic (exact) mass is 362 g/mol. The quantitative estimate of drug-likeness (QED) is 0.526. The third-order valence-electron chi connectivity index (χ3n) is 4.11. The Balaban J connectivity index is 1.69. The molecule has 0 aliphatic heterocycles. The van der Waals surface area contributed by atoms with Crippen molar-refractivity contribution < 1.29 is 19.0 Å². The predicted octanol–water partition coefficient (Wildman–Crippen LogP) is 5.06. The van der Waals surface area contributed by atoms with Gasteiger partial charge in [-0.2, -0.15) is 0 Å². The summed E-state index contributed by atoms with van der Waals surface area (Å²) in [6.45, 7) is 2.37. The lowest BCUT2D eigenvalue weighted by Crippen LogP contribution is -2.01. The third-order valence-corrected chi connectivity index (χ3v) is 4.11. The summed E-state index contributed by atoms with van der Waals surface area (Å²) in [4.78, 5) is 11.5. The second kappa shape index (κ2) is 8.90. The number of hydrogen-bond acceptors (Lipinski definition) is 4. The van der Waals surface area contributed by atoms with Crippen molar-refractivity contribution in [2.24, 2.45) is 0 Å². The Morgan fingerprint density at radius 2 is 1.56 bits per heavy atom. The number of rotatable bonds is 8. The van der Waals surface area contributed by atoms with Crippen LogP contribution < -0.4 is 14.2 Å². The molecule has 4 heteroatoms. The number of ether oxygens (including phenoxy) is 3. The van der Waals surface area contributed by atoms with Gasteiger partial charge in [-0.05, 0) is 42.3 Å². The van der Waals surface area contributed by atoms with Crippen LogP contribution >= 0.6 is 0 Å². The number of carbonyl (C=O) groups excluding carboxylic acids is 1. The molecule has 0 aliphatic rings. The zero-order valence-corrected chi connectivity index (χ0v) is 15.5. The summed E-state index contributed by atoms with van der Waals surface area (Å²) in [6, 6.07) is 22.9. The highest BCUT2D eigenvalue weighted by molar-refractivity contribution is 5.94. The van der Waals surface area contributed by atoms with Crippen LogP contribution in [0, 0.1) is 0 Å². The average molecular weight is 362 g/mol. The summed E-state index contributed by atoms with van der Waals surface area (Å²) in [5, 5.41) is 0. The van der Waals surface area contributed by atoms with E-state index in [1.807, 2.05) is 60.7 Å². The van der Waals surface area contributed by atoms with Crippen molar-refractivity contribution in [3.05, 3.63) is 89.5 Å². The van der Waals surface area contributed by atoms with Gasteiger partial charge in [0.05, 0.1) is 7.11 Å². The zero-order chi connectivity index (χ0) is 19.1. The number of hydrogen-bond donors (Lipinski definition) is 0. The van der Waals surface area contributed by atoms with Crippen molar-refractivity contribution in [1.29, 1.82) is 0 Å². The van der Waals surface area contributed by atoms with E-state index in [9.17, 15) is 4.79 Å². The maximum absolute atomic E-state index is 11.5. The minimum Gasteiger partial charge on any atom is -0.493 e. The molecule has 0 aromatic heterocycles.